The van der Waals surface area contributed by atoms with Crippen molar-refractivity contribution in [3.8, 4) is 0 Å². The molecule has 0 aromatic rings. The van der Waals surface area contributed by atoms with Crippen LogP contribution in [0.4, 0.5) is 18.0 Å². The summed E-state index contributed by atoms with van der Waals surface area (Å²) in [5.74, 6) is 0. The summed E-state index contributed by atoms with van der Waals surface area (Å²) >= 11 is 0. The maximum absolute atomic E-state index is 12.7. The second-order valence-corrected chi connectivity index (χ2v) is 6.61. The van der Waals surface area contributed by atoms with Gasteiger partial charge in [0.15, 0.2) is 6.10 Å². The van der Waals surface area contributed by atoms with E-state index in [1.165, 1.54) is 4.90 Å². The van der Waals surface area contributed by atoms with Crippen LogP contribution in [0.15, 0.2) is 0 Å². The number of nitrogens with zero attached hydrogens (tertiary/aromatic N) is 1. The lowest BCUT2D eigenvalue weighted by molar-refractivity contribution is -0.218. The highest BCUT2D eigenvalue weighted by atomic mass is 19.4. The van der Waals surface area contributed by atoms with Crippen molar-refractivity contribution in [2.24, 2.45) is 0 Å². The predicted molar refractivity (Wildman–Crippen MR) is 68.7 cm³/mol. The van der Waals surface area contributed by atoms with Gasteiger partial charge in [-0.2, -0.15) is 13.2 Å². The van der Waals surface area contributed by atoms with Crippen LogP contribution < -0.4 is 5.32 Å². The summed E-state index contributed by atoms with van der Waals surface area (Å²) in [5.41, 5.74) is -0.709. The Bertz CT molecular complexity index is 408. The maximum Gasteiger partial charge on any atom is 0.415 e. The summed E-state index contributed by atoms with van der Waals surface area (Å²) < 4.78 is 43.5. The van der Waals surface area contributed by atoms with Crippen LogP contribution in [0.1, 0.15) is 33.6 Å². The number of carbonyl (C=O) groups is 1. The zero-order chi connectivity index (χ0) is 16.0. The lowest BCUT2D eigenvalue weighted by Gasteiger charge is -2.42. The van der Waals surface area contributed by atoms with Crippen molar-refractivity contribution in [2.45, 2.75) is 69.6 Å². The molecule has 2 saturated heterocycles. The first-order chi connectivity index (χ1) is 9.50. The number of carbonyl (C=O) groups excluding carboxylic acids is 1. The fourth-order valence-corrected chi connectivity index (χ4v) is 3.00. The molecule has 2 fully saturated rings. The summed E-state index contributed by atoms with van der Waals surface area (Å²) in [5, 5.41) is 12.2. The van der Waals surface area contributed by atoms with E-state index in [9.17, 15) is 23.1 Å². The third-order valence-electron chi connectivity index (χ3n) is 3.83. The van der Waals surface area contributed by atoms with Gasteiger partial charge in [0.2, 0.25) is 0 Å². The van der Waals surface area contributed by atoms with Crippen LogP contribution >= 0.6 is 0 Å². The Morgan fingerprint density at radius 2 is 1.95 bits per heavy atom. The molecule has 2 N–H and O–H groups in total. The molecule has 8 heteroatoms. The molecule has 2 aliphatic rings. The van der Waals surface area contributed by atoms with Gasteiger partial charge in [0.1, 0.15) is 5.60 Å². The van der Waals surface area contributed by atoms with Crippen molar-refractivity contribution in [1.82, 2.24) is 10.2 Å². The molecule has 21 heavy (non-hydrogen) atoms. The molecule has 2 aliphatic heterocycles. The molecule has 0 spiro atoms. The van der Waals surface area contributed by atoms with Crippen molar-refractivity contribution >= 4 is 6.09 Å². The molecule has 0 aromatic carbocycles. The summed E-state index contributed by atoms with van der Waals surface area (Å²) in [4.78, 5) is 13.6. The number of ether oxygens (including phenoxy) is 1. The van der Waals surface area contributed by atoms with Crippen molar-refractivity contribution in [1.29, 1.82) is 0 Å². The first-order valence-corrected chi connectivity index (χ1v) is 7.00. The van der Waals surface area contributed by atoms with E-state index in [1.54, 1.807) is 20.8 Å². The zero-order valence-electron chi connectivity index (χ0n) is 12.3. The molecule has 0 aliphatic carbocycles. The number of aliphatic hydroxyl groups excluding tert-OH is 1. The zero-order valence-corrected chi connectivity index (χ0v) is 12.3. The van der Waals surface area contributed by atoms with E-state index in [-0.39, 0.29) is 12.6 Å². The minimum absolute atomic E-state index is 0.179. The second kappa shape index (κ2) is 5.31. The van der Waals surface area contributed by atoms with E-state index < -0.39 is 36.1 Å². The summed E-state index contributed by atoms with van der Waals surface area (Å²) in [6.07, 6.45) is -6.79. The summed E-state index contributed by atoms with van der Waals surface area (Å²) in [6, 6.07) is -2.09. The van der Waals surface area contributed by atoms with Gasteiger partial charge in [0.25, 0.3) is 0 Å². The summed E-state index contributed by atoms with van der Waals surface area (Å²) in [7, 11) is 0. The quantitative estimate of drug-likeness (QED) is 0.773. The van der Waals surface area contributed by atoms with Crippen LogP contribution in [0.25, 0.3) is 0 Å². The fourth-order valence-electron chi connectivity index (χ4n) is 3.00. The maximum atomic E-state index is 12.7. The number of alkyl halides is 3. The van der Waals surface area contributed by atoms with Crippen LogP contribution in [-0.2, 0) is 4.74 Å². The van der Waals surface area contributed by atoms with Gasteiger partial charge in [0, 0.05) is 12.6 Å². The van der Waals surface area contributed by atoms with Gasteiger partial charge in [-0.25, -0.2) is 4.79 Å². The highest BCUT2D eigenvalue weighted by molar-refractivity contribution is 5.70. The number of amides is 1. The number of hydrogen-bond acceptors (Lipinski definition) is 4. The monoisotopic (exact) mass is 310 g/mol. The SMILES string of the molecule is CC(C)(C)OC(=O)N1[C@H]2CC[C@@H]1[C@@H](C(O)C(F)(F)F)NC2. The minimum atomic E-state index is -4.72. The van der Waals surface area contributed by atoms with Gasteiger partial charge in [0.05, 0.1) is 12.1 Å². The van der Waals surface area contributed by atoms with E-state index in [0.29, 0.717) is 12.8 Å². The topological polar surface area (TPSA) is 61.8 Å². The van der Waals surface area contributed by atoms with E-state index in [2.05, 4.69) is 5.32 Å². The van der Waals surface area contributed by atoms with Crippen molar-refractivity contribution in [2.75, 3.05) is 6.54 Å². The molecular weight excluding hydrogens is 289 g/mol. The van der Waals surface area contributed by atoms with Crippen molar-refractivity contribution < 1.29 is 27.8 Å². The molecule has 0 saturated carbocycles. The van der Waals surface area contributed by atoms with Crippen molar-refractivity contribution in [3.05, 3.63) is 0 Å². The molecule has 0 radical (unpaired) electrons. The third-order valence-corrected chi connectivity index (χ3v) is 3.83. The number of hydrogen-bond donors (Lipinski definition) is 2. The van der Waals surface area contributed by atoms with E-state index >= 15 is 0 Å². The number of rotatable bonds is 1. The molecule has 4 atom stereocenters. The molecule has 122 valence electrons. The normalized spacial score (nSPS) is 31.2. The number of nitrogens with one attached hydrogen (secondary N) is 1. The second-order valence-electron chi connectivity index (χ2n) is 6.61. The molecule has 0 aromatic heterocycles. The van der Waals surface area contributed by atoms with Crippen LogP contribution in [0.2, 0.25) is 0 Å². The molecule has 2 bridgehead atoms. The highest BCUT2D eigenvalue weighted by Crippen LogP contribution is 2.35. The number of aliphatic hydroxyl groups is 1. The van der Waals surface area contributed by atoms with Crippen LogP contribution in [0.3, 0.4) is 0 Å². The Labute approximate surface area is 121 Å². The van der Waals surface area contributed by atoms with Gasteiger partial charge in [-0.05, 0) is 33.6 Å². The van der Waals surface area contributed by atoms with Gasteiger partial charge in [-0.3, -0.25) is 4.90 Å². The fraction of sp³-hybridized carbons (Fsp3) is 0.923. The molecule has 1 amide bonds. The standard InChI is InChI=1S/C13H21F3N2O3/c1-12(2,3)21-11(20)18-7-4-5-8(18)9(17-6-7)10(19)13(14,15)16/h7-10,17,19H,4-6H2,1-3H3/t7-,8+,9-,10?/m0/s1. The lowest BCUT2D eigenvalue weighted by Crippen LogP contribution is -2.65. The predicted octanol–water partition coefficient (Wildman–Crippen LogP) is 1.65. The average Bonchev–Trinajstić information content (AvgIpc) is 2.60. The molecular formula is C13H21F3N2O3. The Balaban J connectivity index is 2.15. The lowest BCUT2D eigenvalue weighted by atomic mass is 9.99. The Morgan fingerprint density at radius 1 is 1.33 bits per heavy atom. The third kappa shape index (κ3) is 3.42. The van der Waals surface area contributed by atoms with Gasteiger partial charge < -0.3 is 15.2 Å². The van der Waals surface area contributed by atoms with Crippen LogP contribution in [-0.4, -0.2) is 58.7 Å². The molecule has 2 rings (SSSR count). The van der Waals surface area contributed by atoms with E-state index in [0.717, 1.165) is 0 Å². The molecule has 2 heterocycles. The van der Waals surface area contributed by atoms with Gasteiger partial charge in [-0.1, -0.05) is 0 Å². The Kier molecular flexibility index (Phi) is 4.14. The Morgan fingerprint density at radius 3 is 2.48 bits per heavy atom. The average molecular weight is 310 g/mol. The number of halogens is 3. The Hall–Kier alpha value is -1.02. The number of fused-ring (bicyclic) bond motifs is 2. The summed E-state index contributed by atoms with van der Waals surface area (Å²) in [6.45, 7) is 5.35. The van der Waals surface area contributed by atoms with Gasteiger partial charge in [-0.15, -0.1) is 0 Å². The molecule has 1 unspecified atom stereocenters. The largest absolute Gasteiger partial charge is 0.444 e. The highest BCUT2D eigenvalue weighted by Gasteiger charge is 2.54. The smallest absolute Gasteiger partial charge is 0.415 e. The minimum Gasteiger partial charge on any atom is -0.444 e. The molecule has 5 nitrogen and oxygen atoms in total. The van der Waals surface area contributed by atoms with Crippen LogP contribution in [0, 0.1) is 0 Å². The van der Waals surface area contributed by atoms with Crippen LogP contribution in [0.5, 0.6) is 0 Å². The van der Waals surface area contributed by atoms with Crippen molar-refractivity contribution in [3.63, 3.8) is 0 Å². The van der Waals surface area contributed by atoms with E-state index in [4.69, 9.17) is 4.74 Å². The first-order valence-electron chi connectivity index (χ1n) is 7.00. The van der Waals surface area contributed by atoms with E-state index in [1.807, 2.05) is 0 Å². The van der Waals surface area contributed by atoms with Gasteiger partial charge >= 0.3 is 12.3 Å². The first kappa shape index (κ1) is 16.4. The number of piperazine rings is 1.